The van der Waals surface area contributed by atoms with Gasteiger partial charge in [-0.15, -0.1) is 0 Å². The number of nitrogens with zero attached hydrogens (tertiary/aromatic N) is 3. The molecular weight excluding hydrogens is 334 g/mol. The number of hydrogen-bond acceptors (Lipinski definition) is 7. The molecule has 3 aromatic rings. The van der Waals surface area contributed by atoms with Gasteiger partial charge in [0, 0.05) is 22.9 Å². The third-order valence-electron chi connectivity index (χ3n) is 4.03. The molecule has 0 aliphatic carbocycles. The molecule has 0 unspecified atom stereocenters. The van der Waals surface area contributed by atoms with E-state index in [0.717, 1.165) is 12.1 Å². The zero-order chi connectivity index (χ0) is 18.8. The fourth-order valence-corrected chi connectivity index (χ4v) is 2.64. The van der Waals surface area contributed by atoms with Gasteiger partial charge in [-0.1, -0.05) is 6.92 Å². The van der Waals surface area contributed by atoms with E-state index in [9.17, 15) is 10.1 Å². The third-order valence-corrected chi connectivity index (χ3v) is 4.03. The number of nitrogen functional groups attached to an aromatic ring is 1. The highest BCUT2D eigenvalue weighted by Crippen LogP contribution is 2.33. The van der Waals surface area contributed by atoms with E-state index in [4.69, 9.17) is 10.2 Å². The standard InChI is InChI=1S/C18H17N5O3/c1-4-10-5-15(23-22-10)12-6-14(21-17(20)13(12)8-19)11-7-16(18(24)25-3)26-9(11)2/h5-7H,4H2,1-3H3,(H2,20,21)(H,22,23). The lowest BCUT2D eigenvalue weighted by Gasteiger charge is -2.07. The summed E-state index contributed by atoms with van der Waals surface area (Å²) in [6.07, 6.45) is 0.783. The summed E-state index contributed by atoms with van der Waals surface area (Å²) in [6.45, 7) is 3.71. The number of esters is 1. The van der Waals surface area contributed by atoms with Crippen LogP contribution in [0.2, 0.25) is 0 Å². The van der Waals surface area contributed by atoms with Crippen molar-refractivity contribution in [1.82, 2.24) is 15.2 Å². The molecule has 0 radical (unpaired) electrons. The molecule has 0 aliphatic rings. The van der Waals surface area contributed by atoms with Crippen LogP contribution in [0.5, 0.6) is 0 Å². The lowest BCUT2D eigenvalue weighted by atomic mass is 10.0. The van der Waals surface area contributed by atoms with Crippen molar-refractivity contribution in [2.24, 2.45) is 0 Å². The number of ether oxygens (including phenoxy) is 1. The van der Waals surface area contributed by atoms with Gasteiger partial charge in [-0.25, -0.2) is 9.78 Å². The van der Waals surface area contributed by atoms with Crippen LogP contribution in [-0.4, -0.2) is 28.3 Å². The number of nitriles is 1. The number of methoxy groups -OCH3 is 1. The van der Waals surface area contributed by atoms with Crippen LogP contribution in [0.4, 0.5) is 5.82 Å². The van der Waals surface area contributed by atoms with E-state index < -0.39 is 5.97 Å². The minimum absolute atomic E-state index is 0.0688. The molecule has 26 heavy (non-hydrogen) atoms. The van der Waals surface area contributed by atoms with Gasteiger partial charge < -0.3 is 14.9 Å². The lowest BCUT2D eigenvalue weighted by molar-refractivity contribution is 0.0563. The SMILES string of the molecule is CCc1cc(-c2cc(-c3cc(C(=O)OC)oc3C)nc(N)c2C#N)n[nH]1. The average molecular weight is 351 g/mol. The largest absolute Gasteiger partial charge is 0.463 e. The van der Waals surface area contributed by atoms with Crippen LogP contribution in [0, 0.1) is 18.3 Å². The van der Waals surface area contributed by atoms with Gasteiger partial charge in [0.25, 0.3) is 0 Å². The Morgan fingerprint density at radius 3 is 2.73 bits per heavy atom. The normalized spacial score (nSPS) is 10.5. The van der Waals surface area contributed by atoms with Crippen LogP contribution in [-0.2, 0) is 11.2 Å². The Labute approximate surface area is 149 Å². The Balaban J connectivity index is 2.17. The maximum Gasteiger partial charge on any atom is 0.373 e. The number of pyridine rings is 1. The zero-order valence-electron chi connectivity index (χ0n) is 14.6. The maximum absolute atomic E-state index is 11.7. The summed E-state index contributed by atoms with van der Waals surface area (Å²) in [5.74, 6) is 0.0610. The van der Waals surface area contributed by atoms with Gasteiger partial charge in [0.15, 0.2) is 0 Å². The van der Waals surface area contributed by atoms with Crippen molar-refractivity contribution < 1.29 is 13.9 Å². The van der Waals surface area contributed by atoms with Crippen molar-refractivity contribution in [2.75, 3.05) is 12.8 Å². The van der Waals surface area contributed by atoms with Crippen molar-refractivity contribution >= 4 is 11.8 Å². The number of rotatable bonds is 4. The average Bonchev–Trinajstić information content (AvgIpc) is 3.27. The lowest BCUT2D eigenvalue weighted by Crippen LogP contribution is -2.00. The molecule has 0 spiro atoms. The predicted molar refractivity (Wildman–Crippen MR) is 94.1 cm³/mol. The number of aromatic nitrogens is 3. The summed E-state index contributed by atoms with van der Waals surface area (Å²) < 4.78 is 10.1. The molecule has 0 aliphatic heterocycles. The third kappa shape index (κ3) is 2.91. The number of aromatic amines is 1. The molecule has 0 saturated carbocycles. The summed E-state index contributed by atoms with van der Waals surface area (Å²) in [7, 11) is 1.28. The summed E-state index contributed by atoms with van der Waals surface area (Å²) >= 11 is 0. The number of nitrogens with one attached hydrogen (secondary N) is 1. The first-order chi connectivity index (χ1) is 12.5. The van der Waals surface area contributed by atoms with Crippen LogP contribution < -0.4 is 5.73 Å². The van der Waals surface area contributed by atoms with Crippen molar-refractivity contribution in [2.45, 2.75) is 20.3 Å². The Kier molecular flexibility index (Phi) is 4.45. The van der Waals surface area contributed by atoms with Crippen LogP contribution in [0.1, 0.15) is 34.5 Å². The molecule has 0 saturated heterocycles. The molecule has 8 heteroatoms. The number of hydrogen-bond donors (Lipinski definition) is 2. The number of anilines is 1. The number of aryl methyl sites for hydroxylation is 2. The van der Waals surface area contributed by atoms with Crippen LogP contribution in [0.3, 0.4) is 0 Å². The van der Waals surface area contributed by atoms with Crippen molar-refractivity contribution in [3.8, 4) is 28.6 Å². The van der Waals surface area contributed by atoms with Gasteiger partial charge in [0.1, 0.15) is 23.2 Å². The quantitative estimate of drug-likeness (QED) is 0.691. The molecule has 0 fully saturated rings. The minimum Gasteiger partial charge on any atom is -0.463 e. The van der Waals surface area contributed by atoms with Crippen molar-refractivity contribution in [3.05, 3.63) is 41.0 Å². The first-order valence-corrected chi connectivity index (χ1v) is 7.92. The molecular formula is C18H17N5O3. The number of furan rings is 1. The summed E-state index contributed by atoms with van der Waals surface area (Å²) in [4.78, 5) is 16.0. The molecule has 0 bridgehead atoms. The molecule has 3 N–H and O–H groups in total. The number of nitrogens with two attached hydrogens (primary N) is 1. The number of carbonyl (C=O) groups excluding carboxylic acids is 1. The van der Waals surface area contributed by atoms with E-state index in [1.54, 1.807) is 19.1 Å². The number of H-pyrrole nitrogens is 1. The second kappa shape index (κ2) is 6.72. The van der Waals surface area contributed by atoms with E-state index in [2.05, 4.69) is 26.0 Å². The second-order valence-corrected chi connectivity index (χ2v) is 5.63. The molecule has 3 heterocycles. The highest BCUT2D eigenvalue weighted by molar-refractivity contribution is 5.89. The Morgan fingerprint density at radius 1 is 1.35 bits per heavy atom. The van der Waals surface area contributed by atoms with Gasteiger partial charge in [-0.3, -0.25) is 5.10 Å². The van der Waals surface area contributed by atoms with E-state index in [0.29, 0.717) is 28.3 Å². The minimum atomic E-state index is -0.582. The summed E-state index contributed by atoms with van der Waals surface area (Å²) in [6, 6.07) is 7.19. The topological polar surface area (TPSA) is 131 Å². The van der Waals surface area contributed by atoms with Gasteiger partial charge in [0.05, 0.1) is 18.5 Å². The molecule has 132 valence electrons. The van der Waals surface area contributed by atoms with Crippen LogP contribution in [0.25, 0.3) is 22.5 Å². The Morgan fingerprint density at radius 2 is 2.12 bits per heavy atom. The Hall–Kier alpha value is -3.60. The fourth-order valence-electron chi connectivity index (χ4n) is 2.64. The molecule has 0 atom stereocenters. The monoisotopic (exact) mass is 351 g/mol. The first kappa shape index (κ1) is 17.2. The van der Waals surface area contributed by atoms with Gasteiger partial charge in [-0.05, 0) is 25.5 Å². The molecule has 3 rings (SSSR count). The first-order valence-electron chi connectivity index (χ1n) is 7.92. The van der Waals surface area contributed by atoms with Crippen molar-refractivity contribution in [1.29, 1.82) is 5.26 Å². The summed E-state index contributed by atoms with van der Waals surface area (Å²) in [5.41, 5.74) is 9.42. The number of carbonyl (C=O) groups is 1. The molecule has 0 amide bonds. The van der Waals surface area contributed by atoms with E-state index in [-0.39, 0.29) is 17.1 Å². The van der Waals surface area contributed by atoms with Gasteiger partial charge >= 0.3 is 5.97 Å². The zero-order valence-corrected chi connectivity index (χ0v) is 14.6. The smallest absolute Gasteiger partial charge is 0.373 e. The van der Waals surface area contributed by atoms with Crippen LogP contribution >= 0.6 is 0 Å². The molecule has 3 aromatic heterocycles. The highest BCUT2D eigenvalue weighted by atomic mass is 16.5. The van der Waals surface area contributed by atoms with E-state index >= 15 is 0 Å². The van der Waals surface area contributed by atoms with Gasteiger partial charge in [-0.2, -0.15) is 10.4 Å². The predicted octanol–water partition coefficient (Wildman–Crippen LogP) is 2.84. The van der Waals surface area contributed by atoms with E-state index in [1.165, 1.54) is 7.11 Å². The van der Waals surface area contributed by atoms with Gasteiger partial charge in [0.2, 0.25) is 5.76 Å². The van der Waals surface area contributed by atoms with E-state index in [1.807, 2.05) is 13.0 Å². The van der Waals surface area contributed by atoms with Crippen molar-refractivity contribution in [3.63, 3.8) is 0 Å². The second-order valence-electron chi connectivity index (χ2n) is 5.63. The fraction of sp³-hybridized carbons (Fsp3) is 0.222. The highest BCUT2D eigenvalue weighted by Gasteiger charge is 2.20. The molecule has 8 nitrogen and oxygen atoms in total. The Bertz CT molecular complexity index is 1030. The summed E-state index contributed by atoms with van der Waals surface area (Å²) in [5, 5.41) is 16.6. The molecule has 0 aromatic carbocycles. The van der Waals surface area contributed by atoms with Crippen LogP contribution in [0.15, 0.2) is 22.6 Å². The maximum atomic E-state index is 11.7.